The zero-order valence-electron chi connectivity index (χ0n) is 20.1. The van der Waals surface area contributed by atoms with E-state index in [2.05, 4.69) is 27.4 Å². The Hall–Kier alpha value is -2.28. The van der Waals surface area contributed by atoms with Gasteiger partial charge in [0.05, 0.1) is 15.7 Å². The molecule has 0 saturated carbocycles. The van der Waals surface area contributed by atoms with Crippen LogP contribution in [-0.2, 0) is 12.0 Å². The first-order valence-corrected chi connectivity index (χ1v) is 13.6. The number of urea groups is 1. The van der Waals surface area contributed by atoms with E-state index >= 15 is 0 Å². The fourth-order valence-corrected chi connectivity index (χ4v) is 6.14. The maximum atomic E-state index is 13.3. The van der Waals surface area contributed by atoms with E-state index in [-0.39, 0.29) is 11.4 Å². The second-order valence-corrected chi connectivity index (χ2v) is 11.1. The van der Waals surface area contributed by atoms with Gasteiger partial charge in [-0.1, -0.05) is 70.7 Å². The van der Waals surface area contributed by atoms with E-state index in [1.165, 1.54) is 0 Å². The number of likely N-dealkylation sites (tertiary alicyclic amines) is 1. The van der Waals surface area contributed by atoms with Gasteiger partial charge in [0.1, 0.15) is 5.15 Å². The lowest BCUT2D eigenvalue weighted by atomic mass is 9.74. The van der Waals surface area contributed by atoms with E-state index in [0.717, 1.165) is 59.9 Å². The van der Waals surface area contributed by atoms with Crippen molar-refractivity contribution < 1.29 is 4.79 Å². The fraction of sp³-hybridized carbons (Fsp3) is 0.286. The molecule has 1 spiro atoms. The lowest BCUT2D eigenvalue weighted by Crippen LogP contribution is -2.47. The van der Waals surface area contributed by atoms with Crippen molar-refractivity contribution in [3.63, 3.8) is 0 Å². The van der Waals surface area contributed by atoms with Crippen LogP contribution in [0, 0.1) is 0 Å². The molecule has 5 nitrogen and oxygen atoms in total. The maximum absolute atomic E-state index is 13.3. The highest BCUT2D eigenvalue weighted by molar-refractivity contribution is 6.42. The minimum atomic E-state index is -0.158. The molecule has 37 heavy (non-hydrogen) atoms. The average Bonchev–Trinajstić information content (AvgIpc) is 3.21. The van der Waals surface area contributed by atoms with Crippen molar-refractivity contribution in [1.29, 1.82) is 0 Å². The normalized spacial score (nSPS) is 16.9. The molecular formula is C28H26Cl4N4O. The summed E-state index contributed by atoms with van der Waals surface area (Å²) in [5, 5.41) is 5.27. The number of rotatable bonds is 5. The molecule has 3 aromatic rings. The van der Waals surface area contributed by atoms with Gasteiger partial charge in [-0.05, 0) is 73.5 Å². The molecule has 0 atom stereocenters. The molecule has 5 rings (SSSR count). The molecule has 2 amide bonds. The Morgan fingerprint density at radius 3 is 2.57 bits per heavy atom. The Morgan fingerprint density at radius 1 is 1.00 bits per heavy atom. The van der Waals surface area contributed by atoms with Crippen molar-refractivity contribution in [2.75, 3.05) is 31.1 Å². The maximum Gasteiger partial charge on any atom is 0.322 e. The monoisotopic (exact) mass is 574 g/mol. The van der Waals surface area contributed by atoms with Gasteiger partial charge in [-0.2, -0.15) is 0 Å². The topological polar surface area (TPSA) is 48.5 Å². The summed E-state index contributed by atoms with van der Waals surface area (Å²) in [5.41, 5.74) is 3.75. The van der Waals surface area contributed by atoms with Crippen molar-refractivity contribution in [2.24, 2.45) is 0 Å². The SMILES string of the molecule is O=C(NCc1ccnc(Cl)c1)N1CC2(CCN(C/C=C/c3ccc(Cl)c(Cl)c3)CC2)c2c(Cl)cccc21. The van der Waals surface area contributed by atoms with Gasteiger partial charge in [0.15, 0.2) is 0 Å². The minimum Gasteiger partial charge on any atom is -0.334 e. The first-order valence-electron chi connectivity index (χ1n) is 12.1. The van der Waals surface area contributed by atoms with Crippen LogP contribution in [0.2, 0.25) is 20.2 Å². The number of nitrogens with one attached hydrogen (secondary N) is 1. The van der Waals surface area contributed by atoms with E-state index in [4.69, 9.17) is 46.4 Å². The van der Waals surface area contributed by atoms with E-state index in [9.17, 15) is 4.79 Å². The number of pyridine rings is 1. The molecule has 1 saturated heterocycles. The third-order valence-corrected chi connectivity index (χ3v) is 8.44. The van der Waals surface area contributed by atoms with Crippen molar-refractivity contribution in [2.45, 2.75) is 24.8 Å². The Kier molecular flexibility index (Phi) is 7.99. The van der Waals surface area contributed by atoms with E-state index < -0.39 is 0 Å². The third kappa shape index (κ3) is 5.76. The zero-order valence-corrected chi connectivity index (χ0v) is 23.1. The molecule has 0 unspecified atom stereocenters. The average molecular weight is 576 g/mol. The van der Waals surface area contributed by atoms with Gasteiger partial charge in [0.2, 0.25) is 0 Å². The number of carbonyl (C=O) groups is 1. The van der Waals surface area contributed by atoms with Crippen molar-refractivity contribution >= 4 is 64.2 Å². The quantitative estimate of drug-likeness (QED) is 0.321. The summed E-state index contributed by atoms with van der Waals surface area (Å²) in [6.07, 6.45) is 7.70. The van der Waals surface area contributed by atoms with Crippen LogP contribution in [0.5, 0.6) is 0 Å². The molecule has 2 aliphatic heterocycles. The summed E-state index contributed by atoms with van der Waals surface area (Å²) in [4.78, 5) is 21.5. The number of piperidine rings is 1. The van der Waals surface area contributed by atoms with Crippen LogP contribution < -0.4 is 10.2 Å². The molecule has 0 aliphatic carbocycles. The van der Waals surface area contributed by atoms with Gasteiger partial charge < -0.3 is 5.32 Å². The molecule has 3 heterocycles. The number of hydrogen-bond donors (Lipinski definition) is 1. The Labute approximate surface area is 237 Å². The number of hydrogen-bond acceptors (Lipinski definition) is 3. The van der Waals surface area contributed by atoms with E-state index in [1.54, 1.807) is 12.3 Å². The second kappa shape index (κ2) is 11.2. The van der Waals surface area contributed by atoms with Crippen LogP contribution in [0.25, 0.3) is 6.08 Å². The van der Waals surface area contributed by atoms with Crippen LogP contribution in [0.15, 0.2) is 60.8 Å². The number of amides is 2. The molecule has 9 heteroatoms. The van der Waals surface area contributed by atoms with Crippen LogP contribution in [0.4, 0.5) is 10.5 Å². The first kappa shape index (κ1) is 26.3. The lowest BCUT2D eigenvalue weighted by molar-refractivity contribution is 0.180. The van der Waals surface area contributed by atoms with E-state index in [1.807, 2.05) is 47.4 Å². The summed E-state index contributed by atoms with van der Waals surface area (Å²) >= 11 is 24.9. The number of nitrogens with zero attached hydrogens (tertiary/aromatic N) is 3. The highest BCUT2D eigenvalue weighted by Crippen LogP contribution is 2.50. The third-order valence-electron chi connectivity index (χ3n) is 7.18. The van der Waals surface area contributed by atoms with Crippen LogP contribution >= 0.6 is 46.4 Å². The highest BCUT2D eigenvalue weighted by Gasteiger charge is 2.47. The zero-order chi connectivity index (χ0) is 26.0. The molecule has 192 valence electrons. The number of carbonyl (C=O) groups excluding carboxylic acids is 1. The van der Waals surface area contributed by atoms with Gasteiger partial charge in [-0.15, -0.1) is 0 Å². The Morgan fingerprint density at radius 2 is 1.81 bits per heavy atom. The number of anilines is 1. The molecule has 2 aromatic carbocycles. The first-order chi connectivity index (χ1) is 17.8. The Bertz CT molecular complexity index is 1340. The molecule has 1 aromatic heterocycles. The summed E-state index contributed by atoms with van der Waals surface area (Å²) in [7, 11) is 0. The van der Waals surface area contributed by atoms with Crippen LogP contribution in [-0.4, -0.2) is 42.1 Å². The summed E-state index contributed by atoms with van der Waals surface area (Å²) in [6.45, 7) is 3.66. The van der Waals surface area contributed by atoms with Crippen molar-refractivity contribution in [3.8, 4) is 0 Å². The van der Waals surface area contributed by atoms with Gasteiger partial charge in [-0.25, -0.2) is 9.78 Å². The molecule has 0 radical (unpaired) electrons. The van der Waals surface area contributed by atoms with Gasteiger partial charge >= 0.3 is 6.03 Å². The molecular weight excluding hydrogens is 550 g/mol. The molecule has 2 aliphatic rings. The van der Waals surface area contributed by atoms with Crippen LogP contribution in [0.3, 0.4) is 0 Å². The van der Waals surface area contributed by atoms with Crippen LogP contribution in [0.1, 0.15) is 29.5 Å². The predicted octanol–water partition coefficient (Wildman–Crippen LogP) is 7.47. The number of benzene rings is 2. The molecule has 1 fully saturated rings. The summed E-state index contributed by atoms with van der Waals surface area (Å²) in [5.74, 6) is 0. The molecule has 1 N–H and O–H groups in total. The lowest BCUT2D eigenvalue weighted by Gasteiger charge is -2.39. The molecule has 0 bridgehead atoms. The van der Waals surface area contributed by atoms with E-state index in [0.29, 0.717) is 28.3 Å². The highest BCUT2D eigenvalue weighted by atomic mass is 35.5. The number of aromatic nitrogens is 1. The predicted molar refractivity (Wildman–Crippen MR) is 153 cm³/mol. The fourth-order valence-electron chi connectivity index (χ4n) is 5.26. The van der Waals surface area contributed by atoms with Crippen molar-refractivity contribution in [3.05, 3.63) is 97.7 Å². The van der Waals surface area contributed by atoms with Gasteiger partial charge in [0, 0.05) is 41.8 Å². The van der Waals surface area contributed by atoms with Gasteiger partial charge in [-0.3, -0.25) is 9.80 Å². The number of halogens is 4. The van der Waals surface area contributed by atoms with Gasteiger partial charge in [0.25, 0.3) is 0 Å². The number of fused-ring (bicyclic) bond motifs is 2. The Balaban J connectivity index is 1.25. The van der Waals surface area contributed by atoms with Crippen molar-refractivity contribution in [1.82, 2.24) is 15.2 Å². The summed E-state index contributed by atoms with van der Waals surface area (Å²) < 4.78 is 0. The second-order valence-electron chi connectivity index (χ2n) is 9.52. The standard InChI is InChI=1S/C28H26Cl4N4O/c29-21-7-6-19(15-23(21)31)3-2-12-35-13-9-28(10-14-35)18-36(24-5-1-4-22(30)26(24)28)27(37)34-17-20-8-11-33-25(32)16-20/h1-8,11,15-16H,9-10,12-14,17-18H2,(H,34,37)/b3-2+. The largest absolute Gasteiger partial charge is 0.334 e. The smallest absolute Gasteiger partial charge is 0.322 e. The summed E-state index contributed by atoms with van der Waals surface area (Å²) in [6, 6.07) is 14.9. The minimum absolute atomic E-state index is 0.139.